The fourth-order valence-electron chi connectivity index (χ4n) is 3.65. The van der Waals surface area contributed by atoms with Crippen molar-refractivity contribution in [3.05, 3.63) is 81.5 Å². The largest absolute Gasteiger partial charge is 0.495 e. The van der Waals surface area contributed by atoms with Gasteiger partial charge in [-0.15, -0.1) is 11.3 Å². The van der Waals surface area contributed by atoms with Crippen LogP contribution in [-0.4, -0.2) is 35.0 Å². The molecular weight excluding hydrogens is 488 g/mol. The first-order valence-corrected chi connectivity index (χ1v) is 12.0. The number of hydrogen-bond acceptors (Lipinski definition) is 9. The van der Waals surface area contributed by atoms with E-state index in [1.807, 2.05) is 18.2 Å². The molecule has 0 spiro atoms. The van der Waals surface area contributed by atoms with E-state index in [1.54, 1.807) is 49.6 Å². The normalized spacial score (nSPS) is 11.0. The van der Waals surface area contributed by atoms with Gasteiger partial charge in [0.2, 0.25) is 0 Å². The minimum atomic E-state index is -0.451. The molecule has 0 bridgehead atoms. The Bertz CT molecular complexity index is 1520. The van der Waals surface area contributed by atoms with Gasteiger partial charge in [0, 0.05) is 28.4 Å². The van der Waals surface area contributed by atoms with Gasteiger partial charge in [-0.3, -0.25) is 24.8 Å². The van der Waals surface area contributed by atoms with Crippen LogP contribution in [0.15, 0.2) is 60.8 Å². The molecule has 0 aliphatic rings. The highest BCUT2D eigenvalue weighted by molar-refractivity contribution is 7.23. The van der Waals surface area contributed by atoms with Crippen LogP contribution in [0.2, 0.25) is 0 Å². The predicted molar refractivity (Wildman–Crippen MR) is 136 cm³/mol. The van der Waals surface area contributed by atoms with Gasteiger partial charge in [0.15, 0.2) is 5.13 Å². The number of ether oxygens (including phenoxy) is 2. The number of non-ortho nitro benzene ring substituents is 1. The van der Waals surface area contributed by atoms with Crippen molar-refractivity contribution >= 4 is 59.7 Å². The Kier molecular flexibility index (Phi) is 6.01. The summed E-state index contributed by atoms with van der Waals surface area (Å²) in [7, 11) is 3.14. The van der Waals surface area contributed by atoms with Gasteiger partial charge in [-0.1, -0.05) is 17.4 Å². The molecule has 35 heavy (non-hydrogen) atoms. The number of nitro benzene ring substituents is 1. The second kappa shape index (κ2) is 9.28. The lowest BCUT2D eigenvalue weighted by atomic mass is 10.2. The monoisotopic (exact) mass is 506 g/mol. The number of nitrogens with zero attached hydrogens (tertiary/aromatic N) is 4. The fourth-order valence-corrected chi connectivity index (χ4v) is 5.72. The van der Waals surface area contributed by atoms with Crippen LogP contribution in [0.3, 0.4) is 0 Å². The molecule has 3 heterocycles. The lowest BCUT2D eigenvalue weighted by Crippen LogP contribution is -2.30. The van der Waals surface area contributed by atoms with Crippen LogP contribution in [0.4, 0.5) is 10.8 Å². The van der Waals surface area contributed by atoms with E-state index in [1.165, 1.54) is 34.8 Å². The summed E-state index contributed by atoms with van der Waals surface area (Å²) in [6.07, 6.45) is 1.67. The molecule has 2 aromatic carbocycles. The van der Waals surface area contributed by atoms with Crippen LogP contribution >= 0.6 is 22.7 Å². The Morgan fingerprint density at radius 1 is 1.06 bits per heavy atom. The van der Waals surface area contributed by atoms with Gasteiger partial charge in [-0.05, 0) is 36.4 Å². The highest BCUT2D eigenvalue weighted by Crippen LogP contribution is 2.41. The number of anilines is 1. The topological polar surface area (TPSA) is 108 Å². The maximum atomic E-state index is 13.8. The van der Waals surface area contributed by atoms with Gasteiger partial charge in [-0.25, -0.2) is 4.98 Å². The van der Waals surface area contributed by atoms with Gasteiger partial charge >= 0.3 is 0 Å². The van der Waals surface area contributed by atoms with Crippen LogP contribution < -0.4 is 14.4 Å². The first kappa shape index (κ1) is 22.7. The number of benzene rings is 2. The van der Waals surface area contributed by atoms with E-state index in [2.05, 4.69) is 4.98 Å². The van der Waals surface area contributed by atoms with Crippen LogP contribution in [0.5, 0.6) is 11.5 Å². The van der Waals surface area contributed by atoms with E-state index in [-0.39, 0.29) is 18.1 Å². The second-order valence-electron chi connectivity index (χ2n) is 7.45. The number of carbonyl (C=O) groups excluding carboxylic acids is 1. The third kappa shape index (κ3) is 4.27. The maximum Gasteiger partial charge on any atom is 0.270 e. The number of fused-ring (bicyclic) bond motifs is 2. The highest BCUT2D eigenvalue weighted by atomic mass is 32.1. The molecule has 9 nitrogen and oxygen atoms in total. The third-order valence-electron chi connectivity index (χ3n) is 5.34. The predicted octanol–water partition coefficient (Wildman–Crippen LogP) is 5.68. The van der Waals surface area contributed by atoms with Gasteiger partial charge in [0.05, 0.1) is 36.3 Å². The summed E-state index contributed by atoms with van der Waals surface area (Å²) in [6, 6.07) is 15.3. The number of amides is 1. The number of pyridine rings is 1. The van der Waals surface area contributed by atoms with Crippen molar-refractivity contribution in [1.29, 1.82) is 0 Å². The standard InChI is InChI=1S/C24H18N4O5S2/c1-32-17-7-8-18(33-2)22-21(17)26-24(35-22)27(13-15-5-3-4-10-25-15)23(29)20-12-14-11-16(28(30)31)6-9-19(14)34-20/h3-12H,13H2,1-2H3. The SMILES string of the molecule is COc1ccc(OC)c2sc(N(Cc3ccccn3)C(=O)c3cc4cc([N+](=O)[O-])ccc4s3)nc12. The minimum Gasteiger partial charge on any atom is -0.495 e. The van der Waals surface area contributed by atoms with Gasteiger partial charge < -0.3 is 9.47 Å². The molecule has 3 aromatic heterocycles. The molecule has 1 amide bonds. The molecule has 176 valence electrons. The number of aromatic nitrogens is 2. The maximum absolute atomic E-state index is 13.8. The van der Waals surface area contributed by atoms with Crippen molar-refractivity contribution in [2.24, 2.45) is 0 Å². The highest BCUT2D eigenvalue weighted by Gasteiger charge is 2.26. The zero-order valence-corrected chi connectivity index (χ0v) is 20.3. The molecular formula is C24H18N4O5S2. The Morgan fingerprint density at radius 3 is 2.57 bits per heavy atom. The Labute approximate surface area is 207 Å². The number of carbonyl (C=O) groups is 1. The molecule has 0 unspecified atom stereocenters. The van der Waals surface area contributed by atoms with E-state index >= 15 is 0 Å². The fraction of sp³-hybridized carbons (Fsp3) is 0.125. The number of methoxy groups -OCH3 is 2. The summed E-state index contributed by atoms with van der Waals surface area (Å²) < 4.78 is 12.5. The average molecular weight is 507 g/mol. The summed E-state index contributed by atoms with van der Waals surface area (Å²) in [5.74, 6) is 0.920. The lowest BCUT2D eigenvalue weighted by Gasteiger charge is -2.18. The number of nitro groups is 1. The number of rotatable bonds is 7. The van der Waals surface area contributed by atoms with E-state index in [9.17, 15) is 14.9 Å². The molecule has 0 aliphatic carbocycles. The van der Waals surface area contributed by atoms with Crippen LogP contribution in [0.1, 0.15) is 15.4 Å². The van der Waals surface area contributed by atoms with Crippen LogP contribution in [-0.2, 0) is 6.54 Å². The Hall–Kier alpha value is -4.09. The zero-order chi connectivity index (χ0) is 24.5. The van der Waals surface area contributed by atoms with E-state index in [0.29, 0.717) is 38.1 Å². The summed E-state index contributed by atoms with van der Waals surface area (Å²) in [5, 5.41) is 12.3. The average Bonchev–Trinajstić information content (AvgIpc) is 3.51. The summed E-state index contributed by atoms with van der Waals surface area (Å²) in [4.78, 5) is 35.6. The molecule has 0 atom stereocenters. The molecule has 0 aliphatic heterocycles. The van der Waals surface area contributed by atoms with E-state index in [4.69, 9.17) is 14.5 Å². The Balaban J connectivity index is 1.62. The van der Waals surface area contributed by atoms with Crippen LogP contribution in [0, 0.1) is 10.1 Å². The van der Waals surface area contributed by atoms with Crippen molar-refractivity contribution in [3.8, 4) is 11.5 Å². The van der Waals surface area contributed by atoms with Crippen LogP contribution in [0.25, 0.3) is 20.3 Å². The molecule has 0 fully saturated rings. The quantitative estimate of drug-likeness (QED) is 0.206. The first-order valence-electron chi connectivity index (χ1n) is 10.4. The number of hydrogen-bond donors (Lipinski definition) is 0. The van der Waals surface area contributed by atoms with Crippen molar-refractivity contribution in [1.82, 2.24) is 9.97 Å². The van der Waals surface area contributed by atoms with Gasteiger partial charge in [0.25, 0.3) is 11.6 Å². The Morgan fingerprint density at radius 2 is 1.86 bits per heavy atom. The van der Waals surface area contributed by atoms with Crippen molar-refractivity contribution in [3.63, 3.8) is 0 Å². The summed E-state index contributed by atoms with van der Waals surface area (Å²) >= 11 is 2.59. The molecule has 0 radical (unpaired) electrons. The summed E-state index contributed by atoms with van der Waals surface area (Å²) in [5.41, 5.74) is 1.26. The van der Waals surface area contributed by atoms with Crippen molar-refractivity contribution in [2.75, 3.05) is 19.1 Å². The van der Waals surface area contributed by atoms with Gasteiger partial charge in [-0.2, -0.15) is 0 Å². The molecule has 0 N–H and O–H groups in total. The molecule has 0 saturated heterocycles. The first-order chi connectivity index (χ1) is 17.0. The summed E-state index contributed by atoms with van der Waals surface area (Å²) in [6.45, 7) is 0.193. The lowest BCUT2D eigenvalue weighted by molar-refractivity contribution is -0.384. The smallest absolute Gasteiger partial charge is 0.270 e. The van der Waals surface area contributed by atoms with Crippen molar-refractivity contribution < 1.29 is 19.2 Å². The van der Waals surface area contributed by atoms with E-state index < -0.39 is 4.92 Å². The molecule has 5 aromatic rings. The second-order valence-corrected chi connectivity index (χ2v) is 9.51. The third-order valence-corrected chi connectivity index (χ3v) is 7.54. The number of thiophene rings is 1. The van der Waals surface area contributed by atoms with Crippen molar-refractivity contribution in [2.45, 2.75) is 6.54 Å². The minimum absolute atomic E-state index is 0.0231. The molecule has 11 heteroatoms. The molecule has 0 saturated carbocycles. The zero-order valence-electron chi connectivity index (χ0n) is 18.6. The van der Waals surface area contributed by atoms with Gasteiger partial charge in [0.1, 0.15) is 21.7 Å². The van der Waals surface area contributed by atoms with E-state index in [0.717, 1.165) is 9.40 Å². The molecule has 5 rings (SSSR count). The number of thiazole rings is 1.